The molecule has 1 heterocycles. The highest BCUT2D eigenvalue weighted by molar-refractivity contribution is 6.29. The van der Waals surface area contributed by atoms with Crippen molar-refractivity contribution in [3.05, 3.63) is 83.7 Å². The number of benzene rings is 3. The van der Waals surface area contributed by atoms with Crippen LogP contribution in [0, 0.1) is 5.82 Å². The smallest absolute Gasteiger partial charge is 0.308 e. The maximum absolute atomic E-state index is 13.5. The van der Waals surface area contributed by atoms with Gasteiger partial charge in [0.25, 0.3) is 0 Å². The molecule has 1 aromatic heterocycles. The van der Waals surface area contributed by atoms with E-state index in [1.165, 1.54) is 19.1 Å². The van der Waals surface area contributed by atoms with Gasteiger partial charge in [-0.15, -0.1) is 0 Å². The fraction of sp³-hybridized carbons (Fsp3) is 0.0435. The molecule has 3 aromatic carbocycles. The van der Waals surface area contributed by atoms with Crippen LogP contribution in [0.25, 0.3) is 27.8 Å². The second-order valence-corrected chi connectivity index (χ2v) is 6.65. The van der Waals surface area contributed by atoms with Gasteiger partial charge in [0.1, 0.15) is 11.6 Å². The van der Waals surface area contributed by atoms with Crippen molar-refractivity contribution in [1.29, 1.82) is 0 Å². The normalized spacial score (nSPS) is 12.1. The van der Waals surface area contributed by atoms with E-state index in [0.29, 0.717) is 22.3 Å². The minimum Gasteiger partial charge on any atom is -0.426 e. The van der Waals surface area contributed by atoms with E-state index < -0.39 is 5.97 Å². The summed E-state index contributed by atoms with van der Waals surface area (Å²) in [5, 5.41) is 0.582. The zero-order chi connectivity index (χ0) is 19.4. The molecule has 1 aliphatic rings. The standard InChI is InChI=1S/C23H14FNO3/c1-13(26)28-19-8-4-7-18-20(19)21-22(16-5-2-3-6-17(16)23(21)27)25(18)15-11-9-14(24)10-12-15/h2-12H,1H3. The average molecular weight is 371 g/mol. The summed E-state index contributed by atoms with van der Waals surface area (Å²) in [5.41, 5.74) is 4.06. The third kappa shape index (κ3) is 2.23. The first-order valence-electron chi connectivity index (χ1n) is 8.82. The summed E-state index contributed by atoms with van der Waals surface area (Å²) in [6, 6.07) is 18.8. The van der Waals surface area contributed by atoms with E-state index in [9.17, 15) is 14.0 Å². The monoisotopic (exact) mass is 371 g/mol. The molecule has 0 unspecified atom stereocenters. The lowest BCUT2D eigenvalue weighted by atomic mass is 10.1. The number of esters is 1. The second-order valence-electron chi connectivity index (χ2n) is 6.65. The molecular formula is C23H14FNO3. The van der Waals surface area contributed by atoms with Crippen molar-refractivity contribution in [1.82, 2.24) is 4.57 Å². The molecule has 4 nitrogen and oxygen atoms in total. The van der Waals surface area contributed by atoms with Crippen LogP contribution in [-0.2, 0) is 4.79 Å². The van der Waals surface area contributed by atoms with E-state index in [1.807, 2.05) is 28.8 Å². The Bertz CT molecular complexity index is 1290. The molecule has 0 fully saturated rings. The Morgan fingerprint density at radius 1 is 0.929 bits per heavy atom. The zero-order valence-electron chi connectivity index (χ0n) is 14.9. The van der Waals surface area contributed by atoms with Crippen LogP contribution < -0.4 is 4.74 Å². The molecule has 136 valence electrons. The fourth-order valence-electron chi connectivity index (χ4n) is 3.90. The van der Waals surface area contributed by atoms with Gasteiger partial charge < -0.3 is 9.30 Å². The van der Waals surface area contributed by atoms with E-state index in [4.69, 9.17) is 4.74 Å². The highest BCUT2D eigenvalue weighted by Gasteiger charge is 2.35. The van der Waals surface area contributed by atoms with Gasteiger partial charge in [0.05, 0.1) is 22.2 Å². The molecule has 0 aliphatic heterocycles. The van der Waals surface area contributed by atoms with Crippen LogP contribution in [0.15, 0.2) is 66.7 Å². The van der Waals surface area contributed by atoms with Gasteiger partial charge in [0.2, 0.25) is 0 Å². The number of fused-ring (bicyclic) bond motifs is 5. The molecule has 0 spiro atoms. The molecule has 5 rings (SSSR count). The number of hydrogen-bond acceptors (Lipinski definition) is 3. The summed E-state index contributed by atoms with van der Waals surface area (Å²) < 4.78 is 20.8. The molecule has 0 N–H and O–H groups in total. The summed E-state index contributed by atoms with van der Waals surface area (Å²) in [5.74, 6) is -0.577. The number of hydrogen-bond donors (Lipinski definition) is 0. The lowest BCUT2D eigenvalue weighted by Crippen LogP contribution is -2.03. The quantitative estimate of drug-likeness (QED) is 0.327. The predicted molar refractivity (Wildman–Crippen MR) is 103 cm³/mol. The molecule has 1 aliphatic carbocycles. The Balaban J connectivity index is 1.94. The van der Waals surface area contributed by atoms with Crippen LogP contribution in [0.4, 0.5) is 4.39 Å². The van der Waals surface area contributed by atoms with Gasteiger partial charge in [0.15, 0.2) is 5.78 Å². The molecule has 0 saturated heterocycles. The lowest BCUT2D eigenvalue weighted by Gasteiger charge is -2.11. The molecule has 28 heavy (non-hydrogen) atoms. The number of ether oxygens (including phenoxy) is 1. The van der Waals surface area contributed by atoms with Crippen molar-refractivity contribution in [2.45, 2.75) is 6.92 Å². The first kappa shape index (κ1) is 16.4. The van der Waals surface area contributed by atoms with E-state index in [2.05, 4.69) is 0 Å². The van der Waals surface area contributed by atoms with E-state index >= 15 is 0 Å². The Morgan fingerprint density at radius 3 is 2.36 bits per heavy atom. The molecule has 4 aromatic rings. The van der Waals surface area contributed by atoms with Crippen LogP contribution in [-0.4, -0.2) is 16.3 Å². The van der Waals surface area contributed by atoms with Gasteiger partial charge in [-0.1, -0.05) is 30.3 Å². The van der Waals surface area contributed by atoms with Crippen molar-refractivity contribution in [2.75, 3.05) is 0 Å². The van der Waals surface area contributed by atoms with E-state index in [1.54, 1.807) is 30.3 Å². The SMILES string of the molecule is CC(=O)Oc1cccc2c1c1c(n2-c2ccc(F)cc2)-c2ccccc2C1=O. The highest BCUT2D eigenvalue weighted by atomic mass is 19.1. The topological polar surface area (TPSA) is 48.3 Å². The molecule has 5 heteroatoms. The molecule has 0 saturated carbocycles. The summed E-state index contributed by atoms with van der Waals surface area (Å²) in [6.07, 6.45) is 0. The van der Waals surface area contributed by atoms with Gasteiger partial charge in [-0.2, -0.15) is 0 Å². The van der Waals surface area contributed by atoms with Crippen molar-refractivity contribution in [2.24, 2.45) is 0 Å². The van der Waals surface area contributed by atoms with Gasteiger partial charge in [0, 0.05) is 23.7 Å². The number of carbonyl (C=O) groups excluding carboxylic acids is 2. The first-order chi connectivity index (χ1) is 13.6. The van der Waals surface area contributed by atoms with Crippen molar-refractivity contribution in [3.63, 3.8) is 0 Å². The fourth-order valence-corrected chi connectivity index (χ4v) is 3.90. The number of nitrogens with zero attached hydrogens (tertiary/aromatic N) is 1. The van der Waals surface area contributed by atoms with Crippen molar-refractivity contribution in [3.8, 4) is 22.7 Å². The summed E-state index contributed by atoms with van der Waals surface area (Å²) in [6.45, 7) is 1.33. The highest BCUT2D eigenvalue weighted by Crippen LogP contribution is 2.46. The minimum absolute atomic E-state index is 0.115. The second kappa shape index (κ2) is 5.89. The van der Waals surface area contributed by atoms with Crippen LogP contribution in [0.3, 0.4) is 0 Å². The van der Waals surface area contributed by atoms with Crippen LogP contribution in [0.1, 0.15) is 22.8 Å². The van der Waals surface area contributed by atoms with Crippen molar-refractivity contribution >= 4 is 22.7 Å². The largest absolute Gasteiger partial charge is 0.426 e. The Morgan fingerprint density at radius 2 is 1.64 bits per heavy atom. The Kier molecular flexibility index (Phi) is 3.46. The summed E-state index contributed by atoms with van der Waals surface area (Å²) >= 11 is 0. The molecule has 0 amide bonds. The summed E-state index contributed by atoms with van der Waals surface area (Å²) in [4.78, 5) is 24.8. The maximum Gasteiger partial charge on any atom is 0.308 e. The number of ketones is 1. The zero-order valence-corrected chi connectivity index (χ0v) is 14.9. The minimum atomic E-state index is -0.459. The molecule has 0 bridgehead atoms. The van der Waals surface area contributed by atoms with Crippen molar-refractivity contribution < 1.29 is 18.7 Å². The van der Waals surface area contributed by atoms with E-state index in [0.717, 1.165) is 22.5 Å². The number of rotatable bonds is 2. The average Bonchev–Trinajstić information content (AvgIpc) is 3.17. The van der Waals surface area contributed by atoms with Crippen LogP contribution in [0.5, 0.6) is 5.75 Å². The Hall–Kier alpha value is -3.73. The number of carbonyl (C=O) groups is 2. The third-order valence-electron chi connectivity index (χ3n) is 4.95. The van der Waals surface area contributed by atoms with Crippen LogP contribution >= 0.6 is 0 Å². The molecular weight excluding hydrogens is 357 g/mol. The third-order valence-corrected chi connectivity index (χ3v) is 4.95. The van der Waals surface area contributed by atoms with Gasteiger partial charge in [-0.05, 0) is 36.4 Å². The number of halogens is 1. The maximum atomic E-state index is 13.5. The predicted octanol–water partition coefficient (Wildman–Crippen LogP) is 4.91. The number of aromatic nitrogens is 1. The van der Waals surface area contributed by atoms with E-state index in [-0.39, 0.29) is 11.6 Å². The molecule has 0 radical (unpaired) electrons. The van der Waals surface area contributed by atoms with Gasteiger partial charge >= 0.3 is 5.97 Å². The lowest BCUT2D eigenvalue weighted by molar-refractivity contribution is -0.131. The molecule has 0 atom stereocenters. The van der Waals surface area contributed by atoms with Crippen LogP contribution in [0.2, 0.25) is 0 Å². The Labute approximate surface area is 159 Å². The van der Waals surface area contributed by atoms with Gasteiger partial charge in [-0.3, -0.25) is 9.59 Å². The summed E-state index contributed by atoms with van der Waals surface area (Å²) in [7, 11) is 0. The van der Waals surface area contributed by atoms with Gasteiger partial charge in [-0.25, -0.2) is 4.39 Å². The first-order valence-corrected chi connectivity index (χ1v) is 8.82.